The van der Waals surface area contributed by atoms with Gasteiger partial charge in [-0.2, -0.15) is 0 Å². The Morgan fingerprint density at radius 2 is 2.06 bits per heavy atom. The largest absolute Gasteiger partial charge is 0.392 e. The van der Waals surface area contributed by atoms with Crippen LogP contribution in [0.4, 0.5) is 0 Å². The van der Waals surface area contributed by atoms with E-state index in [2.05, 4.69) is 4.90 Å². The molecule has 2 unspecified atom stereocenters. The number of aliphatic hydroxyl groups is 2. The lowest BCUT2D eigenvalue weighted by Gasteiger charge is -2.17. The first kappa shape index (κ1) is 12.6. The number of hydrogen-bond donors (Lipinski definition) is 2. The molecular weight excluding hydrogens is 214 g/mol. The quantitative estimate of drug-likeness (QED) is 0.831. The zero-order chi connectivity index (χ0) is 12.3. The Morgan fingerprint density at radius 3 is 2.65 bits per heavy atom. The van der Waals surface area contributed by atoms with E-state index >= 15 is 0 Å². The molecule has 0 aromatic heterocycles. The van der Waals surface area contributed by atoms with Gasteiger partial charge in [0.2, 0.25) is 0 Å². The smallest absolute Gasteiger partial charge is 0.0802 e. The molecule has 17 heavy (non-hydrogen) atoms. The van der Waals surface area contributed by atoms with E-state index in [1.165, 1.54) is 5.56 Å². The normalized spacial score (nSPS) is 22.9. The van der Waals surface area contributed by atoms with E-state index < -0.39 is 6.10 Å². The van der Waals surface area contributed by atoms with Crippen molar-refractivity contribution >= 4 is 0 Å². The van der Waals surface area contributed by atoms with Crippen LogP contribution in [-0.4, -0.2) is 40.9 Å². The van der Waals surface area contributed by atoms with Gasteiger partial charge in [0.15, 0.2) is 0 Å². The van der Waals surface area contributed by atoms with Crippen molar-refractivity contribution in [1.82, 2.24) is 4.90 Å². The van der Waals surface area contributed by atoms with Gasteiger partial charge in [-0.15, -0.1) is 0 Å². The standard InChI is InChI=1S/C14H21NO2/c1-11-2-4-12(5-3-11)14(17)7-9-15-8-6-13(16)10-15/h2-5,13-14,16-17H,6-10H2,1H3. The van der Waals surface area contributed by atoms with E-state index in [9.17, 15) is 10.2 Å². The van der Waals surface area contributed by atoms with Crippen molar-refractivity contribution in [3.63, 3.8) is 0 Å². The maximum Gasteiger partial charge on any atom is 0.0802 e. The number of aliphatic hydroxyl groups excluding tert-OH is 2. The third-order valence-electron chi connectivity index (χ3n) is 3.43. The SMILES string of the molecule is Cc1ccc(C(O)CCN2CCC(O)C2)cc1. The Morgan fingerprint density at radius 1 is 1.35 bits per heavy atom. The van der Waals surface area contributed by atoms with Crippen molar-refractivity contribution in [1.29, 1.82) is 0 Å². The van der Waals surface area contributed by atoms with E-state index in [4.69, 9.17) is 0 Å². The summed E-state index contributed by atoms with van der Waals surface area (Å²) in [7, 11) is 0. The summed E-state index contributed by atoms with van der Waals surface area (Å²) in [6, 6.07) is 8.02. The van der Waals surface area contributed by atoms with Crippen LogP contribution in [-0.2, 0) is 0 Å². The van der Waals surface area contributed by atoms with Crippen molar-refractivity contribution in [3.05, 3.63) is 35.4 Å². The lowest BCUT2D eigenvalue weighted by Crippen LogP contribution is -2.24. The van der Waals surface area contributed by atoms with Gasteiger partial charge in [0, 0.05) is 19.6 Å². The van der Waals surface area contributed by atoms with Crippen LogP contribution in [0.2, 0.25) is 0 Å². The first-order valence-corrected chi connectivity index (χ1v) is 6.30. The van der Waals surface area contributed by atoms with Gasteiger partial charge in [-0.1, -0.05) is 29.8 Å². The second-order valence-corrected chi connectivity index (χ2v) is 4.96. The summed E-state index contributed by atoms with van der Waals surface area (Å²) in [5, 5.41) is 19.5. The summed E-state index contributed by atoms with van der Waals surface area (Å²) >= 11 is 0. The average molecular weight is 235 g/mol. The molecular formula is C14H21NO2. The molecule has 1 heterocycles. The van der Waals surface area contributed by atoms with E-state index in [0.717, 1.165) is 38.0 Å². The van der Waals surface area contributed by atoms with Crippen LogP contribution in [0.3, 0.4) is 0 Å². The molecule has 1 aromatic carbocycles. The fourth-order valence-corrected chi connectivity index (χ4v) is 2.28. The maximum atomic E-state index is 10.0. The molecule has 2 N–H and O–H groups in total. The van der Waals surface area contributed by atoms with Crippen LogP contribution in [0.1, 0.15) is 30.1 Å². The van der Waals surface area contributed by atoms with Crippen molar-refractivity contribution in [2.45, 2.75) is 32.0 Å². The minimum atomic E-state index is -0.395. The molecule has 0 radical (unpaired) electrons. The zero-order valence-electron chi connectivity index (χ0n) is 10.3. The second-order valence-electron chi connectivity index (χ2n) is 4.96. The Kier molecular flexibility index (Phi) is 4.15. The van der Waals surface area contributed by atoms with Gasteiger partial charge < -0.3 is 15.1 Å². The van der Waals surface area contributed by atoms with Crippen LogP contribution in [0.15, 0.2) is 24.3 Å². The lowest BCUT2D eigenvalue weighted by molar-refractivity contribution is 0.138. The van der Waals surface area contributed by atoms with Crippen LogP contribution >= 0.6 is 0 Å². The molecule has 1 aliphatic rings. The number of benzene rings is 1. The Hall–Kier alpha value is -0.900. The molecule has 1 aromatic rings. The summed E-state index contributed by atoms with van der Waals surface area (Å²) in [5.41, 5.74) is 2.19. The second kappa shape index (κ2) is 5.63. The predicted octanol–water partition coefficient (Wildman–Crippen LogP) is 1.49. The van der Waals surface area contributed by atoms with Gasteiger partial charge >= 0.3 is 0 Å². The minimum absolute atomic E-state index is 0.175. The summed E-state index contributed by atoms with van der Waals surface area (Å²) in [5.74, 6) is 0. The topological polar surface area (TPSA) is 43.7 Å². The molecule has 0 bridgehead atoms. The van der Waals surface area contributed by atoms with Gasteiger partial charge in [-0.3, -0.25) is 0 Å². The van der Waals surface area contributed by atoms with Crippen molar-refractivity contribution < 1.29 is 10.2 Å². The fourth-order valence-electron chi connectivity index (χ4n) is 2.28. The third kappa shape index (κ3) is 3.53. The summed E-state index contributed by atoms with van der Waals surface area (Å²) in [4.78, 5) is 2.21. The highest BCUT2D eigenvalue weighted by molar-refractivity contribution is 5.23. The van der Waals surface area contributed by atoms with Crippen LogP contribution in [0.5, 0.6) is 0 Å². The molecule has 1 fully saturated rings. The van der Waals surface area contributed by atoms with E-state index in [0.29, 0.717) is 0 Å². The Bertz CT molecular complexity index is 350. The number of likely N-dealkylation sites (tertiary alicyclic amines) is 1. The lowest BCUT2D eigenvalue weighted by atomic mass is 10.0. The van der Waals surface area contributed by atoms with Gasteiger partial charge in [-0.25, -0.2) is 0 Å². The van der Waals surface area contributed by atoms with Crippen LogP contribution in [0.25, 0.3) is 0 Å². The monoisotopic (exact) mass is 235 g/mol. The highest BCUT2D eigenvalue weighted by Crippen LogP contribution is 2.19. The van der Waals surface area contributed by atoms with Gasteiger partial charge in [-0.05, 0) is 25.3 Å². The average Bonchev–Trinajstić information content (AvgIpc) is 2.73. The zero-order valence-corrected chi connectivity index (χ0v) is 10.3. The molecule has 1 saturated heterocycles. The fraction of sp³-hybridized carbons (Fsp3) is 0.571. The van der Waals surface area contributed by atoms with Crippen molar-refractivity contribution in [3.8, 4) is 0 Å². The third-order valence-corrected chi connectivity index (χ3v) is 3.43. The molecule has 94 valence electrons. The summed E-state index contributed by atoms with van der Waals surface area (Å²) < 4.78 is 0. The molecule has 0 aliphatic carbocycles. The summed E-state index contributed by atoms with van der Waals surface area (Å²) in [6.07, 6.45) is 1.02. The molecule has 1 aliphatic heterocycles. The Balaban J connectivity index is 1.81. The van der Waals surface area contributed by atoms with Gasteiger partial charge in [0.1, 0.15) is 0 Å². The summed E-state index contributed by atoms with van der Waals surface area (Å²) in [6.45, 7) is 4.59. The van der Waals surface area contributed by atoms with E-state index in [1.54, 1.807) is 0 Å². The molecule has 2 atom stereocenters. The maximum absolute atomic E-state index is 10.0. The highest BCUT2D eigenvalue weighted by atomic mass is 16.3. The molecule has 0 saturated carbocycles. The first-order chi connectivity index (χ1) is 8.15. The van der Waals surface area contributed by atoms with Gasteiger partial charge in [0.25, 0.3) is 0 Å². The Labute approximate surface area is 103 Å². The number of nitrogens with zero attached hydrogens (tertiary/aromatic N) is 1. The number of hydrogen-bond acceptors (Lipinski definition) is 3. The van der Waals surface area contributed by atoms with Gasteiger partial charge in [0.05, 0.1) is 12.2 Å². The van der Waals surface area contributed by atoms with Crippen LogP contribution in [0, 0.1) is 6.92 Å². The predicted molar refractivity (Wildman–Crippen MR) is 67.8 cm³/mol. The van der Waals surface area contributed by atoms with E-state index in [1.807, 2.05) is 31.2 Å². The molecule has 0 spiro atoms. The number of aryl methyl sites for hydroxylation is 1. The highest BCUT2D eigenvalue weighted by Gasteiger charge is 2.20. The first-order valence-electron chi connectivity index (χ1n) is 6.30. The molecule has 0 amide bonds. The van der Waals surface area contributed by atoms with Crippen molar-refractivity contribution in [2.75, 3.05) is 19.6 Å². The van der Waals surface area contributed by atoms with Crippen LogP contribution < -0.4 is 0 Å². The number of β-amino-alcohol motifs (C(OH)–C–C–N with tert-alkyl or cyclic N) is 1. The molecule has 3 heteroatoms. The molecule has 3 nitrogen and oxygen atoms in total. The van der Waals surface area contributed by atoms with Crippen molar-refractivity contribution in [2.24, 2.45) is 0 Å². The van der Waals surface area contributed by atoms with E-state index in [-0.39, 0.29) is 6.10 Å². The minimum Gasteiger partial charge on any atom is -0.392 e. The molecule has 2 rings (SSSR count). The number of rotatable bonds is 4.